The smallest absolute Gasteiger partial charge is 0.337 e. The number of thiazole rings is 1. The van der Waals surface area contributed by atoms with Crippen LogP contribution in [0.15, 0.2) is 24.4 Å². The van der Waals surface area contributed by atoms with Gasteiger partial charge in [-0.15, -0.1) is 11.3 Å². The van der Waals surface area contributed by atoms with Crippen LogP contribution < -0.4 is 0 Å². The number of aryl methyl sites for hydroxylation is 2. The van der Waals surface area contributed by atoms with E-state index in [0.29, 0.717) is 17.6 Å². The van der Waals surface area contributed by atoms with E-state index in [1.807, 2.05) is 30.7 Å². The van der Waals surface area contributed by atoms with Gasteiger partial charge in [0.2, 0.25) is 0 Å². The molecule has 0 saturated carbocycles. The summed E-state index contributed by atoms with van der Waals surface area (Å²) < 4.78 is 1.91. The minimum absolute atomic E-state index is 0.274. The zero-order chi connectivity index (χ0) is 14.3. The summed E-state index contributed by atoms with van der Waals surface area (Å²) in [5.74, 6) is -0.145. The quantitative estimate of drug-likeness (QED) is 0.804. The molecule has 2 heterocycles. The van der Waals surface area contributed by atoms with E-state index in [0.717, 1.165) is 15.7 Å². The van der Waals surface area contributed by atoms with Gasteiger partial charge in [-0.05, 0) is 26.0 Å². The number of aromatic nitrogens is 3. The van der Waals surface area contributed by atoms with Crippen molar-refractivity contribution in [1.82, 2.24) is 14.5 Å². The zero-order valence-electron chi connectivity index (χ0n) is 11.1. The number of nitrogens with zero attached hydrogens (tertiary/aromatic N) is 3. The Morgan fingerprint density at radius 2 is 2.20 bits per heavy atom. The Bertz CT molecular complexity index is 804. The molecule has 1 aromatic carbocycles. The van der Waals surface area contributed by atoms with E-state index in [9.17, 15) is 9.90 Å². The Morgan fingerprint density at radius 1 is 1.40 bits per heavy atom. The Kier molecular flexibility index (Phi) is 3.02. The van der Waals surface area contributed by atoms with E-state index in [1.54, 1.807) is 23.5 Å². The second-order valence-corrected chi connectivity index (χ2v) is 5.91. The number of para-hydroxylation sites is 1. The first kappa shape index (κ1) is 12.8. The number of aromatic carboxylic acids is 1. The third kappa shape index (κ3) is 2.08. The lowest BCUT2D eigenvalue weighted by atomic mass is 10.2. The standard InChI is InChI=1S/C14H13N3O2S/c1-8-6-15-12(20-8)7-17-9(2)16-11-5-3-4-10(13(11)17)14(18)19/h3-6H,7H2,1-2H3,(H,18,19). The van der Waals surface area contributed by atoms with Crippen LogP contribution in [0.2, 0.25) is 0 Å². The molecule has 102 valence electrons. The topological polar surface area (TPSA) is 68.0 Å². The molecule has 0 bridgehead atoms. The third-order valence-corrected chi connectivity index (χ3v) is 4.05. The van der Waals surface area contributed by atoms with Crippen molar-refractivity contribution in [3.05, 3.63) is 45.7 Å². The Morgan fingerprint density at radius 3 is 2.85 bits per heavy atom. The van der Waals surface area contributed by atoms with E-state index >= 15 is 0 Å². The molecule has 2 aromatic heterocycles. The van der Waals surface area contributed by atoms with E-state index in [1.165, 1.54) is 0 Å². The van der Waals surface area contributed by atoms with Crippen LogP contribution in [0.5, 0.6) is 0 Å². The summed E-state index contributed by atoms with van der Waals surface area (Å²) in [7, 11) is 0. The van der Waals surface area contributed by atoms with Crippen LogP contribution in [0.4, 0.5) is 0 Å². The molecule has 0 radical (unpaired) electrons. The van der Waals surface area contributed by atoms with Crippen molar-refractivity contribution in [2.45, 2.75) is 20.4 Å². The first-order valence-corrected chi connectivity index (χ1v) is 6.98. The van der Waals surface area contributed by atoms with Crippen LogP contribution in [0, 0.1) is 13.8 Å². The van der Waals surface area contributed by atoms with Gasteiger partial charge in [-0.25, -0.2) is 14.8 Å². The molecular weight excluding hydrogens is 274 g/mol. The molecule has 0 atom stereocenters. The molecule has 0 aliphatic heterocycles. The summed E-state index contributed by atoms with van der Waals surface area (Å²) >= 11 is 1.61. The van der Waals surface area contributed by atoms with Gasteiger partial charge in [-0.3, -0.25) is 0 Å². The van der Waals surface area contributed by atoms with Crippen LogP contribution in [-0.2, 0) is 6.54 Å². The lowest BCUT2D eigenvalue weighted by Gasteiger charge is -2.06. The van der Waals surface area contributed by atoms with Crippen LogP contribution in [0.25, 0.3) is 11.0 Å². The summed E-state index contributed by atoms with van der Waals surface area (Å²) in [5.41, 5.74) is 1.64. The molecule has 3 aromatic rings. The molecule has 6 heteroatoms. The van der Waals surface area contributed by atoms with Crippen molar-refractivity contribution in [2.24, 2.45) is 0 Å². The van der Waals surface area contributed by atoms with Gasteiger partial charge >= 0.3 is 5.97 Å². The number of carbonyl (C=O) groups is 1. The number of fused-ring (bicyclic) bond motifs is 1. The van der Waals surface area contributed by atoms with Gasteiger partial charge in [0.25, 0.3) is 0 Å². The SMILES string of the molecule is Cc1cnc(Cn2c(C)nc3cccc(C(=O)O)c32)s1. The largest absolute Gasteiger partial charge is 0.478 e. The van der Waals surface area contributed by atoms with Gasteiger partial charge in [0.05, 0.1) is 23.1 Å². The second kappa shape index (κ2) is 4.72. The van der Waals surface area contributed by atoms with Crippen LogP contribution in [-0.4, -0.2) is 25.6 Å². The number of rotatable bonds is 3. The van der Waals surface area contributed by atoms with E-state index in [4.69, 9.17) is 0 Å². The molecule has 0 unspecified atom stereocenters. The van der Waals surface area contributed by atoms with E-state index in [2.05, 4.69) is 9.97 Å². The normalized spacial score (nSPS) is 11.1. The minimum Gasteiger partial charge on any atom is -0.478 e. The second-order valence-electron chi connectivity index (χ2n) is 4.59. The minimum atomic E-state index is -0.938. The highest BCUT2D eigenvalue weighted by Gasteiger charge is 2.16. The van der Waals surface area contributed by atoms with Crippen LogP contribution >= 0.6 is 11.3 Å². The van der Waals surface area contributed by atoms with Gasteiger partial charge in [0.1, 0.15) is 10.8 Å². The van der Waals surface area contributed by atoms with Crippen molar-refractivity contribution in [3.63, 3.8) is 0 Å². The third-order valence-electron chi connectivity index (χ3n) is 3.15. The molecule has 5 nitrogen and oxygen atoms in total. The summed E-state index contributed by atoms with van der Waals surface area (Å²) in [6, 6.07) is 5.16. The average molecular weight is 287 g/mol. The highest BCUT2D eigenvalue weighted by Crippen LogP contribution is 2.23. The monoisotopic (exact) mass is 287 g/mol. The summed E-state index contributed by atoms with van der Waals surface area (Å²) in [6.45, 7) is 4.43. The van der Waals surface area contributed by atoms with Gasteiger partial charge in [0.15, 0.2) is 0 Å². The van der Waals surface area contributed by atoms with Crippen molar-refractivity contribution < 1.29 is 9.90 Å². The number of carboxylic acids is 1. The molecule has 0 spiro atoms. The van der Waals surface area contributed by atoms with E-state index < -0.39 is 5.97 Å². The molecule has 0 amide bonds. The summed E-state index contributed by atoms with van der Waals surface area (Å²) in [6.07, 6.45) is 1.83. The van der Waals surface area contributed by atoms with Crippen molar-refractivity contribution in [3.8, 4) is 0 Å². The van der Waals surface area contributed by atoms with Gasteiger partial charge < -0.3 is 9.67 Å². The maximum absolute atomic E-state index is 11.4. The van der Waals surface area contributed by atoms with Gasteiger partial charge in [-0.1, -0.05) is 6.07 Å². The lowest BCUT2D eigenvalue weighted by molar-refractivity contribution is 0.0698. The number of hydrogen-bond donors (Lipinski definition) is 1. The van der Waals surface area contributed by atoms with Crippen LogP contribution in [0.3, 0.4) is 0 Å². The summed E-state index contributed by atoms with van der Waals surface area (Å²) in [4.78, 5) is 21.3. The molecule has 20 heavy (non-hydrogen) atoms. The molecule has 0 saturated heterocycles. The Balaban J connectivity index is 2.18. The molecular formula is C14H13N3O2S. The van der Waals surface area contributed by atoms with Crippen LogP contribution in [0.1, 0.15) is 26.1 Å². The van der Waals surface area contributed by atoms with Gasteiger partial charge in [-0.2, -0.15) is 0 Å². The predicted octanol–water partition coefficient (Wildman–Crippen LogP) is 2.86. The van der Waals surface area contributed by atoms with Crippen molar-refractivity contribution >= 4 is 28.3 Å². The first-order chi connectivity index (χ1) is 9.56. The maximum atomic E-state index is 11.4. The highest BCUT2D eigenvalue weighted by molar-refractivity contribution is 7.11. The molecule has 0 aliphatic carbocycles. The molecule has 0 fully saturated rings. The maximum Gasteiger partial charge on any atom is 0.337 e. The summed E-state index contributed by atoms with van der Waals surface area (Å²) in [5, 5.41) is 10.3. The lowest BCUT2D eigenvalue weighted by Crippen LogP contribution is -2.06. The van der Waals surface area contributed by atoms with Crippen molar-refractivity contribution in [1.29, 1.82) is 0 Å². The fraction of sp³-hybridized carbons (Fsp3) is 0.214. The average Bonchev–Trinajstić information content (AvgIpc) is 2.94. The predicted molar refractivity (Wildman–Crippen MR) is 77.4 cm³/mol. The highest BCUT2D eigenvalue weighted by atomic mass is 32.1. The molecule has 1 N–H and O–H groups in total. The first-order valence-electron chi connectivity index (χ1n) is 6.16. The number of hydrogen-bond acceptors (Lipinski definition) is 4. The Labute approximate surface area is 119 Å². The van der Waals surface area contributed by atoms with Crippen molar-refractivity contribution in [2.75, 3.05) is 0 Å². The number of imidazole rings is 1. The fourth-order valence-corrected chi connectivity index (χ4v) is 3.05. The zero-order valence-corrected chi connectivity index (χ0v) is 11.9. The fourth-order valence-electron chi connectivity index (χ4n) is 2.28. The molecule has 0 aliphatic rings. The Hall–Kier alpha value is -2.21. The van der Waals surface area contributed by atoms with Gasteiger partial charge in [0, 0.05) is 11.1 Å². The molecule has 3 rings (SSSR count). The van der Waals surface area contributed by atoms with E-state index in [-0.39, 0.29) is 5.56 Å². The number of benzene rings is 1. The number of carboxylic acid groups (broad SMARTS) is 1.